The Bertz CT molecular complexity index is 562. The molecule has 0 saturated heterocycles. The van der Waals surface area contributed by atoms with Crippen LogP contribution < -0.4 is 22.1 Å². The van der Waals surface area contributed by atoms with Gasteiger partial charge in [-0.1, -0.05) is 6.07 Å². The summed E-state index contributed by atoms with van der Waals surface area (Å²) in [5.74, 6) is -1.74. The standard InChI is InChI=1S/C15H22N4O4/c16-7-2-5-12(17)15(23)19-11-4-1-3-10(9-11)14(22)18-8-6-13(20)21/h1,3-4,9,12H,2,5-8,16-17H2,(H,18,22)(H,19,23)(H,20,21)/t12-/m0/s1. The molecule has 0 aliphatic rings. The summed E-state index contributed by atoms with van der Waals surface area (Å²) in [6, 6.07) is 5.67. The van der Waals surface area contributed by atoms with Crippen molar-refractivity contribution in [3.63, 3.8) is 0 Å². The first-order chi connectivity index (χ1) is 10.9. The van der Waals surface area contributed by atoms with E-state index in [0.29, 0.717) is 30.6 Å². The fourth-order valence-electron chi connectivity index (χ4n) is 1.83. The van der Waals surface area contributed by atoms with Crippen molar-refractivity contribution in [2.45, 2.75) is 25.3 Å². The molecule has 8 nitrogen and oxygen atoms in total. The predicted molar refractivity (Wildman–Crippen MR) is 85.9 cm³/mol. The lowest BCUT2D eigenvalue weighted by Gasteiger charge is -2.12. The molecule has 2 amide bonds. The van der Waals surface area contributed by atoms with Crippen LogP contribution in [0.2, 0.25) is 0 Å². The van der Waals surface area contributed by atoms with Crippen LogP contribution in [0.3, 0.4) is 0 Å². The summed E-state index contributed by atoms with van der Waals surface area (Å²) < 4.78 is 0. The molecule has 0 fully saturated rings. The number of amides is 2. The fourth-order valence-corrected chi connectivity index (χ4v) is 1.83. The van der Waals surface area contributed by atoms with E-state index in [1.54, 1.807) is 18.2 Å². The maximum atomic E-state index is 11.9. The molecule has 126 valence electrons. The maximum Gasteiger partial charge on any atom is 0.305 e. The van der Waals surface area contributed by atoms with Crippen LogP contribution in [-0.4, -0.2) is 42.0 Å². The lowest BCUT2D eigenvalue weighted by Crippen LogP contribution is -2.36. The van der Waals surface area contributed by atoms with Gasteiger partial charge in [0.2, 0.25) is 5.91 Å². The monoisotopic (exact) mass is 322 g/mol. The minimum atomic E-state index is -0.988. The molecule has 0 bridgehead atoms. The zero-order valence-corrected chi connectivity index (χ0v) is 12.7. The number of rotatable bonds is 9. The van der Waals surface area contributed by atoms with Gasteiger partial charge in [0.1, 0.15) is 0 Å². The molecule has 0 spiro atoms. The molecule has 1 aromatic rings. The number of anilines is 1. The third-order valence-corrected chi connectivity index (χ3v) is 3.07. The van der Waals surface area contributed by atoms with E-state index >= 15 is 0 Å². The van der Waals surface area contributed by atoms with E-state index in [1.165, 1.54) is 6.07 Å². The molecule has 7 N–H and O–H groups in total. The van der Waals surface area contributed by atoms with Gasteiger partial charge in [0.05, 0.1) is 12.5 Å². The number of nitrogens with one attached hydrogen (secondary N) is 2. The molecule has 23 heavy (non-hydrogen) atoms. The van der Waals surface area contributed by atoms with E-state index < -0.39 is 17.9 Å². The minimum absolute atomic E-state index is 0.0364. The topological polar surface area (TPSA) is 148 Å². The van der Waals surface area contributed by atoms with Gasteiger partial charge in [0, 0.05) is 17.8 Å². The normalized spacial score (nSPS) is 11.6. The van der Waals surface area contributed by atoms with Crippen molar-refractivity contribution in [3.05, 3.63) is 29.8 Å². The number of carbonyl (C=O) groups excluding carboxylic acids is 2. The van der Waals surface area contributed by atoms with Crippen molar-refractivity contribution in [2.75, 3.05) is 18.4 Å². The van der Waals surface area contributed by atoms with Gasteiger partial charge in [-0.15, -0.1) is 0 Å². The Morgan fingerprint density at radius 3 is 2.65 bits per heavy atom. The largest absolute Gasteiger partial charge is 0.481 e. The summed E-state index contributed by atoms with van der Waals surface area (Å²) in [5, 5.41) is 13.7. The maximum absolute atomic E-state index is 11.9. The summed E-state index contributed by atoms with van der Waals surface area (Å²) in [6.07, 6.45) is 0.983. The van der Waals surface area contributed by atoms with Gasteiger partial charge in [-0.25, -0.2) is 0 Å². The number of nitrogens with two attached hydrogens (primary N) is 2. The van der Waals surface area contributed by atoms with Gasteiger partial charge < -0.3 is 27.2 Å². The lowest BCUT2D eigenvalue weighted by atomic mass is 10.1. The van der Waals surface area contributed by atoms with Gasteiger partial charge >= 0.3 is 5.97 Å². The third kappa shape index (κ3) is 6.90. The molecule has 0 aliphatic heterocycles. The molecule has 0 heterocycles. The predicted octanol–water partition coefficient (Wildman–Crippen LogP) is -0.104. The molecule has 1 atom stereocenters. The van der Waals surface area contributed by atoms with Gasteiger partial charge in [-0.3, -0.25) is 14.4 Å². The molecule has 0 unspecified atom stereocenters. The Morgan fingerprint density at radius 2 is 2.00 bits per heavy atom. The van der Waals surface area contributed by atoms with E-state index in [4.69, 9.17) is 16.6 Å². The SMILES string of the molecule is NCCC[C@H](N)C(=O)Nc1cccc(C(=O)NCCC(=O)O)c1. The Hall–Kier alpha value is -2.45. The Morgan fingerprint density at radius 1 is 1.26 bits per heavy atom. The molecular formula is C15H22N4O4. The van der Waals surface area contributed by atoms with Crippen LogP contribution in [-0.2, 0) is 9.59 Å². The fraction of sp³-hybridized carbons (Fsp3) is 0.400. The second-order valence-electron chi connectivity index (χ2n) is 5.01. The third-order valence-electron chi connectivity index (χ3n) is 3.07. The van der Waals surface area contributed by atoms with Crippen molar-refractivity contribution < 1.29 is 19.5 Å². The van der Waals surface area contributed by atoms with Crippen LogP contribution in [0.4, 0.5) is 5.69 Å². The molecular weight excluding hydrogens is 300 g/mol. The van der Waals surface area contributed by atoms with Crippen molar-refractivity contribution in [3.8, 4) is 0 Å². The number of carbonyl (C=O) groups is 3. The van der Waals surface area contributed by atoms with Crippen LogP contribution in [0.15, 0.2) is 24.3 Å². The summed E-state index contributed by atoms with van der Waals surface area (Å²) in [6.45, 7) is 0.502. The number of benzene rings is 1. The summed E-state index contributed by atoms with van der Waals surface area (Å²) in [7, 11) is 0. The zero-order valence-electron chi connectivity index (χ0n) is 12.7. The molecule has 0 saturated carbocycles. The van der Waals surface area contributed by atoms with Crippen LogP contribution >= 0.6 is 0 Å². The van der Waals surface area contributed by atoms with Gasteiger partial charge in [0.25, 0.3) is 5.91 Å². The van der Waals surface area contributed by atoms with E-state index in [9.17, 15) is 14.4 Å². The number of hydrogen-bond donors (Lipinski definition) is 5. The molecule has 1 aromatic carbocycles. The van der Waals surface area contributed by atoms with Crippen molar-refractivity contribution in [2.24, 2.45) is 11.5 Å². The molecule has 0 aromatic heterocycles. The average molecular weight is 322 g/mol. The smallest absolute Gasteiger partial charge is 0.305 e. The lowest BCUT2D eigenvalue weighted by molar-refractivity contribution is -0.136. The molecule has 0 aliphatic carbocycles. The van der Waals surface area contributed by atoms with E-state index in [2.05, 4.69) is 10.6 Å². The highest BCUT2D eigenvalue weighted by Gasteiger charge is 2.14. The quantitative estimate of drug-likeness (QED) is 0.428. The summed E-state index contributed by atoms with van der Waals surface area (Å²) >= 11 is 0. The first-order valence-corrected chi connectivity index (χ1v) is 7.30. The van der Waals surface area contributed by atoms with Crippen molar-refractivity contribution in [1.29, 1.82) is 0 Å². The molecule has 8 heteroatoms. The Balaban J connectivity index is 2.60. The van der Waals surface area contributed by atoms with Crippen LogP contribution in [0, 0.1) is 0 Å². The number of hydrogen-bond acceptors (Lipinski definition) is 5. The van der Waals surface area contributed by atoms with Gasteiger partial charge in [-0.05, 0) is 37.6 Å². The first-order valence-electron chi connectivity index (χ1n) is 7.30. The molecule has 1 rings (SSSR count). The minimum Gasteiger partial charge on any atom is -0.481 e. The Kier molecular flexibility index (Phi) is 7.72. The number of carboxylic acid groups (broad SMARTS) is 1. The molecule has 0 radical (unpaired) electrons. The number of carboxylic acids is 1. The highest BCUT2D eigenvalue weighted by atomic mass is 16.4. The number of aliphatic carboxylic acids is 1. The van der Waals surface area contributed by atoms with Crippen LogP contribution in [0.5, 0.6) is 0 Å². The average Bonchev–Trinajstić information content (AvgIpc) is 2.52. The summed E-state index contributed by atoms with van der Waals surface area (Å²) in [5.41, 5.74) is 11.9. The highest BCUT2D eigenvalue weighted by molar-refractivity contribution is 5.98. The second kappa shape index (κ2) is 9.54. The van der Waals surface area contributed by atoms with Gasteiger partial charge in [0.15, 0.2) is 0 Å². The zero-order chi connectivity index (χ0) is 17.2. The van der Waals surface area contributed by atoms with Crippen LogP contribution in [0.1, 0.15) is 29.6 Å². The highest BCUT2D eigenvalue weighted by Crippen LogP contribution is 2.11. The van der Waals surface area contributed by atoms with E-state index in [0.717, 1.165) is 0 Å². The summed E-state index contributed by atoms with van der Waals surface area (Å²) in [4.78, 5) is 34.2. The van der Waals surface area contributed by atoms with Crippen molar-refractivity contribution in [1.82, 2.24) is 5.32 Å². The van der Waals surface area contributed by atoms with E-state index in [-0.39, 0.29) is 18.9 Å². The Labute approximate surface area is 134 Å². The van der Waals surface area contributed by atoms with Crippen molar-refractivity contribution >= 4 is 23.5 Å². The second-order valence-corrected chi connectivity index (χ2v) is 5.01. The first kappa shape index (κ1) is 18.6. The van der Waals surface area contributed by atoms with Crippen LogP contribution in [0.25, 0.3) is 0 Å². The van der Waals surface area contributed by atoms with Gasteiger partial charge in [-0.2, -0.15) is 0 Å². The van der Waals surface area contributed by atoms with E-state index in [1.807, 2.05) is 0 Å².